The largest absolute Gasteiger partial charge is 0.480 e. The Morgan fingerprint density at radius 3 is 2.55 bits per heavy atom. The van der Waals surface area contributed by atoms with Crippen molar-refractivity contribution in [1.82, 2.24) is 10.2 Å². The molecule has 2 aliphatic heterocycles. The molecule has 8 heteroatoms. The lowest BCUT2D eigenvalue weighted by atomic mass is 9.95. The summed E-state index contributed by atoms with van der Waals surface area (Å²) in [4.78, 5) is 51.9. The van der Waals surface area contributed by atoms with Crippen molar-refractivity contribution >= 4 is 29.5 Å². The Balaban J connectivity index is 1.60. The van der Waals surface area contributed by atoms with Crippen LogP contribution in [-0.2, 0) is 22.6 Å². The predicted octanol–water partition coefficient (Wildman–Crippen LogP) is 1.78. The minimum atomic E-state index is -1.16. The van der Waals surface area contributed by atoms with Crippen LogP contribution in [0, 0.1) is 0 Å². The molecule has 2 atom stereocenters. The van der Waals surface area contributed by atoms with Crippen molar-refractivity contribution in [3.05, 3.63) is 65.2 Å². The molecule has 0 aliphatic carbocycles. The fourth-order valence-electron chi connectivity index (χ4n) is 3.68. The monoisotopic (exact) mass is 393 g/mol. The maximum Gasteiger partial charge on any atom is 0.332 e. The minimum absolute atomic E-state index is 0.171. The van der Waals surface area contributed by atoms with E-state index in [4.69, 9.17) is 5.11 Å². The number of urea groups is 1. The van der Waals surface area contributed by atoms with Crippen LogP contribution in [-0.4, -0.2) is 45.9 Å². The molecule has 2 aromatic carbocycles. The molecular formula is C21H19N3O5. The summed E-state index contributed by atoms with van der Waals surface area (Å²) in [6.07, 6.45) is 0.452. The van der Waals surface area contributed by atoms with Crippen molar-refractivity contribution in [2.24, 2.45) is 0 Å². The topological polar surface area (TPSA) is 107 Å². The minimum Gasteiger partial charge on any atom is -0.480 e. The van der Waals surface area contributed by atoms with Crippen molar-refractivity contribution in [1.29, 1.82) is 0 Å². The lowest BCUT2D eigenvalue weighted by Crippen LogP contribution is -2.39. The summed E-state index contributed by atoms with van der Waals surface area (Å²) in [5.74, 6) is -2.08. The number of hydrogen-bond donors (Lipinski definition) is 2. The van der Waals surface area contributed by atoms with Gasteiger partial charge in [0.25, 0.3) is 11.8 Å². The average molecular weight is 393 g/mol. The molecule has 2 aliphatic rings. The van der Waals surface area contributed by atoms with Crippen LogP contribution in [0.15, 0.2) is 48.5 Å². The van der Waals surface area contributed by atoms with Crippen LogP contribution in [0.5, 0.6) is 0 Å². The number of rotatable bonds is 4. The molecule has 148 valence electrons. The van der Waals surface area contributed by atoms with E-state index in [1.165, 1.54) is 19.1 Å². The van der Waals surface area contributed by atoms with Crippen LogP contribution in [0.3, 0.4) is 0 Å². The number of amides is 4. The highest BCUT2D eigenvalue weighted by Crippen LogP contribution is 2.33. The van der Waals surface area contributed by atoms with Crippen LogP contribution >= 0.6 is 0 Å². The maximum atomic E-state index is 13.0. The molecular weight excluding hydrogens is 374 g/mol. The SMILES string of the molecule is C[C@H](NC(=O)c1cccc(N2C(=O)[C@@H]3Cc4ccccc4CN3C2=O)c1)C(=O)O. The van der Waals surface area contributed by atoms with E-state index in [2.05, 4.69) is 5.32 Å². The maximum absolute atomic E-state index is 13.0. The summed E-state index contributed by atoms with van der Waals surface area (Å²) in [6, 6.07) is 11.7. The summed E-state index contributed by atoms with van der Waals surface area (Å²) < 4.78 is 0. The third kappa shape index (κ3) is 3.22. The molecule has 2 N–H and O–H groups in total. The van der Waals surface area contributed by atoms with E-state index in [1.807, 2.05) is 24.3 Å². The highest BCUT2D eigenvalue weighted by atomic mass is 16.4. The molecule has 29 heavy (non-hydrogen) atoms. The molecule has 0 unspecified atom stereocenters. The fraction of sp³-hybridized carbons (Fsp3) is 0.238. The Hall–Kier alpha value is -3.68. The molecule has 0 radical (unpaired) electrons. The number of nitrogens with one attached hydrogen (secondary N) is 1. The predicted molar refractivity (Wildman–Crippen MR) is 103 cm³/mol. The van der Waals surface area contributed by atoms with E-state index in [-0.39, 0.29) is 17.2 Å². The van der Waals surface area contributed by atoms with Crippen molar-refractivity contribution in [3.8, 4) is 0 Å². The first-order chi connectivity index (χ1) is 13.9. The standard InChI is InChI=1S/C21H19N3O5/c1-12(20(27)28)22-18(25)14-7-4-8-16(9-14)24-19(26)17-10-13-5-2-3-6-15(13)11-23(17)21(24)29/h2-9,12,17H,10-11H2,1H3,(H,22,25)(H,27,28)/t12-,17-/m0/s1. The Bertz CT molecular complexity index is 991. The first-order valence-electron chi connectivity index (χ1n) is 9.22. The normalized spacial score (nSPS) is 18.9. The van der Waals surface area contributed by atoms with Crippen molar-refractivity contribution in [2.45, 2.75) is 32.0 Å². The number of hydrogen-bond acceptors (Lipinski definition) is 4. The molecule has 1 saturated heterocycles. The number of carbonyl (C=O) groups is 4. The van der Waals surface area contributed by atoms with Crippen LogP contribution < -0.4 is 10.2 Å². The van der Waals surface area contributed by atoms with Gasteiger partial charge in [0, 0.05) is 18.5 Å². The van der Waals surface area contributed by atoms with Gasteiger partial charge in [-0.1, -0.05) is 30.3 Å². The van der Waals surface area contributed by atoms with Gasteiger partial charge < -0.3 is 15.3 Å². The zero-order valence-corrected chi connectivity index (χ0v) is 15.7. The highest BCUT2D eigenvalue weighted by molar-refractivity contribution is 6.21. The third-order valence-corrected chi connectivity index (χ3v) is 5.28. The number of carbonyl (C=O) groups excluding carboxylic acids is 3. The second-order valence-corrected chi connectivity index (χ2v) is 7.16. The molecule has 4 amide bonds. The fourth-order valence-corrected chi connectivity index (χ4v) is 3.68. The number of carboxylic acids is 1. The molecule has 2 aromatic rings. The zero-order valence-electron chi connectivity index (χ0n) is 15.7. The lowest BCUT2D eigenvalue weighted by Gasteiger charge is -2.28. The molecule has 4 rings (SSSR count). The van der Waals surface area contributed by atoms with Crippen LogP contribution in [0.25, 0.3) is 0 Å². The van der Waals surface area contributed by atoms with Crippen LogP contribution in [0.2, 0.25) is 0 Å². The summed E-state index contributed by atoms with van der Waals surface area (Å²) in [5.41, 5.74) is 2.52. The van der Waals surface area contributed by atoms with E-state index in [9.17, 15) is 19.2 Å². The second kappa shape index (κ2) is 7.05. The first-order valence-corrected chi connectivity index (χ1v) is 9.22. The first kappa shape index (κ1) is 18.7. The summed E-state index contributed by atoms with van der Waals surface area (Å²) in [6.45, 7) is 1.71. The smallest absolute Gasteiger partial charge is 0.332 e. The average Bonchev–Trinajstić information content (AvgIpc) is 2.96. The Kier molecular flexibility index (Phi) is 4.54. The number of nitrogens with zero attached hydrogens (tertiary/aromatic N) is 2. The van der Waals surface area contributed by atoms with E-state index < -0.39 is 30.0 Å². The Morgan fingerprint density at radius 1 is 1.10 bits per heavy atom. The van der Waals surface area contributed by atoms with Crippen molar-refractivity contribution in [2.75, 3.05) is 4.90 Å². The number of anilines is 1. The van der Waals surface area contributed by atoms with Gasteiger partial charge in [0.05, 0.1) is 5.69 Å². The highest BCUT2D eigenvalue weighted by Gasteiger charge is 2.47. The number of imide groups is 1. The van der Waals surface area contributed by atoms with Gasteiger partial charge in [-0.05, 0) is 36.2 Å². The van der Waals surface area contributed by atoms with E-state index in [0.717, 1.165) is 16.0 Å². The van der Waals surface area contributed by atoms with Crippen molar-refractivity contribution in [3.63, 3.8) is 0 Å². The third-order valence-electron chi connectivity index (χ3n) is 5.28. The van der Waals surface area contributed by atoms with Crippen LogP contribution in [0.1, 0.15) is 28.4 Å². The summed E-state index contributed by atoms with van der Waals surface area (Å²) in [7, 11) is 0. The van der Waals surface area contributed by atoms with Gasteiger partial charge in [0.2, 0.25) is 0 Å². The Labute approximate surface area is 166 Å². The summed E-state index contributed by atoms with van der Waals surface area (Å²) >= 11 is 0. The van der Waals surface area contributed by atoms with Gasteiger partial charge in [-0.15, -0.1) is 0 Å². The Morgan fingerprint density at radius 2 is 1.83 bits per heavy atom. The van der Waals surface area contributed by atoms with Gasteiger partial charge in [-0.3, -0.25) is 14.4 Å². The molecule has 0 spiro atoms. The number of fused-ring (bicyclic) bond motifs is 2. The summed E-state index contributed by atoms with van der Waals surface area (Å²) in [5, 5.41) is 11.3. The van der Waals surface area contributed by atoms with Gasteiger partial charge in [0.15, 0.2) is 0 Å². The van der Waals surface area contributed by atoms with Crippen molar-refractivity contribution < 1.29 is 24.3 Å². The van der Waals surface area contributed by atoms with Gasteiger partial charge in [-0.2, -0.15) is 0 Å². The molecule has 0 aromatic heterocycles. The lowest BCUT2D eigenvalue weighted by molar-refractivity contribution is -0.138. The van der Waals surface area contributed by atoms with E-state index in [1.54, 1.807) is 17.0 Å². The molecule has 1 fully saturated rings. The second-order valence-electron chi connectivity index (χ2n) is 7.16. The molecule has 0 bridgehead atoms. The quantitative estimate of drug-likeness (QED) is 0.770. The number of carboxylic acid groups (broad SMARTS) is 1. The van der Waals surface area contributed by atoms with Gasteiger partial charge >= 0.3 is 12.0 Å². The van der Waals surface area contributed by atoms with E-state index in [0.29, 0.717) is 13.0 Å². The number of benzene rings is 2. The van der Waals surface area contributed by atoms with E-state index >= 15 is 0 Å². The molecule has 2 heterocycles. The van der Waals surface area contributed by atoms with Gasteiger partial charge in [-0.25, -0.2) is 9.69 Å². The number of aliphatic carboxylic acids is 1. The molecule has 8 nitrogen and oxygen atoms in total. The van der Waals surface area contributed by atoms with Crippen LogP contribution in [0.4, 0.5) is 10.5 Å². The zero-order chi connectivity index (χ0) is 20.7. The molecule has 0 saturated carbocycles. The van der Waals surface area contributed by atoms with Gasteiger partial charge in [0.1, 0.15) is 12.1 Å².